The maximum atomic E-state index is 15.8. The minimum absolute atomic E-state index is 0.203. The van der Waals surface area contributed by atoms with Gasteiger partial charge in [-0.25, -0.2) is 9.37 Å². The molecule has 0 amide bonds. The standard InChI is InChI=1S/C25H24F2N8/c1-16-21(14-34(3)32-16)18-10-19(12-28)23(20(11-18)17-4-5-22(26)29-13-17)35-8-6-25(27,7-9-35)24-31-30-15-33(24)2/h4-5,10-11,13-15H,6-9H2,1-3H3. The van der Waals surface area contributed by atoms with Crippen LogP contribution in [0.25, 0.3) is 22.3 Å². The summed E-state index contributed by atoms with van der Waals surface area (Å²) in [7, 11) is 3.57. The quantitative estimate of drug-likeness (QED) is 0.415. The van der Waals surface area contributed by atoms with Gasteiger partial charge in [0.05, 0.1) is 16.9 Å². The Hall–Kier alpha value is -4.13. The van der Waals surface area contributed by atoms with Crippen molar-refractivity contribution >= 4 is 5.69 Å². The molecule has 3 aromatic heterocycles. The van der Waals surface area contributed by atoms with Crippen molar-refractivity contribution in [1.29, 1.82) is 5.26 Å². The summed E-state index contributed by atoms with van der Waals surface area (Å²) in [6.45, 7) is 2.67. The van der Waals surface area contributed by atoms with Crippen LogP contribution in [0.1, 0.15) is 29.9 Å². The average molecular weight is 475 g/mol. The van der Waals surface area contributed by atoms with Gasteiger partial charge in [-0.15, -0.1) is 10.2 Å². The molecule has 0 N–H and O–H groups in total. The first-order valence-corrected chi connectivity index (χ1v) is 11.3. The van der Waals surface area contributed by atoms with Crippen molar-refractivity contribution in [3.63, 3.8) is 0 Å². The third-order valence-corrected chi connectivity index (χ3v) is 6.58. The van der Waals surface area contributed by atoms with E-state index in [2.05, 4.69) is 26.3 Å². The van der Waals surface area contributed by atoms with Crippen LogP contribution in [0.2, 0.25) is 0 Å². The molecule has 0 atom stereocenters. The highest BCUT2D eigenvalue weighted by molar-refractivity contribution is 5.88. The van der Waals surface area contributed by atoms with E-state index in [1.165, 1.54) is 18.6 Å². The van der Waals surface area contributed by atoms with E-state index in [9.17, 15) is 9.65 Å². The number of halogens is 2. The number of nitrogens with zero attached hydrogens (tertiary/aromatic N) is 8. The minimum atomic E-state index is -1.60. The van der Waals surface area contributed by atoms with Crippen LogP contribution in [0.15, 0.2) is 43.0 Å². The van der Waals surface area contributed by atoms with Gasteiger partial charge in [-0.3, -0.25) is 4.68 Å². The van der Waals surface area contributed by atoms with Crippen molar-refractivity contribution in [2.24, 2.45) is 14.1 Å². The second-order valence-corrected chi connectivity index (χ2v) is 8.92. The Labute approximate surface area is 201 Å². The van der Waals surface area contributed by atoms with Gasteiger partial charge < -0.3 is 9.47 Å². The number of pyridine rings is 1. The lowest BCUT2D eigenvalue weighted by Crippen LogP contribution is -2.42. The molecule has 0 saturated carbocycles. The van der Waals surface area contributed by atoms with Gasteiger partial charge in [-0.2, -0.15) is 14.8 Å². The Balaban J connectivity index is 1.60. The highest BCUT2D eigenvalue weighted by Gasteiger charge is 2.41. The van der Waals surface area contributed by atoms with Gasteiger partial charge in [0.15, 0.2) is 11.5 Å². The molecule has 178 valence electrons. The first-order chi connectivity index (χ1) is 16.8. The summed E-state index contributed by atoms with van der Waals surface area (Å²) in [6.07, 6.45) is 5.26. The Morgan fingerprint density at radius 2 is 1.86 bits per heavy atom. The van der Waals surface area contributed by atoms with Crippen molar-refractivity contribution in [2.75, 3.05) is 18.0 Å². The zero-order chi connectivity index (χ0) is 24.7. The summed E-state index contributed by atoms with van der Waals surface area (Å²) >= 11 is 0. The minimum Gasteiger partial charge on any atom is -0.370 e. The van der Waals surface area contributed by atoms with Crippen molar-refractivity contribution in [2.45, 2.75) is 25.4 Å². The molecule has 0 unspecified atom stereocenters. The maximum absolute atomic E-state index is 15.8. The van der Waals surface area contributed by atoms with Crippen LogP contribution in [0.3, 0.4) is 0 Å². The molecule has 10 heteroatoms. The van der Waals surface area contributed by atoms with Crippen LogP contribution >= 0.6 is 0 Å². The van der Waals surface area contributed by atoms with E-state index < -0.39 is 11.6 Å². The van der Waals surface area contributed by atoms with Gasteiger partial charge in [-0.1, -0.05) is 0 Å². The Morgan fingerprint density at radius 3 is 2.43 bits per heavy atom. The van der Waals surface area contributed by atoms with Crippen LogP contribution in [0.5, 0.6) is 0 Å². The third kappa shape index (κ3) is 4.03. The molecule has 35 heavy (non-hydrogen) atoms. The second kappa shape index (κ2) is 8.58. The fourth-order valence-electron chi connectivity index (χ4n) is 4.85. The van der Waals surface area contributed by atoms with Gasteiger partial charge in [0, 0.05) is 69.1 Å². The van der Waals surface area contributed by atoms with Gasteiger partial charge in [-0.05, 0) is 36.8 Å². The molecule has 5 rings (SSSR count). The average Bonchev–Trinajstić information content (AvgIpc) is 3.44. The number of hydrogen-bond donors (Lipinski definition) is 0. The monoisotopic (exact) mass is 474 g/mol. The van der Waals surface area contributed by atoms with Crippen LogP contribution in [0.4, 0.5) is 14.5 Å². The van der Waals surface area contributed by atoms with Crippen molar-refractivity contribution in [3.8, 4) is 28.3 Å². The van der Waals surface area contributed by atoms with E-state index >= 15 is 4.39 Å². The van der Waals surface area contributed by atoms with Crippen molar-refractivity contribution < 1.29 is 8.78 Å². The molecular formula is C25H24F2N8. The molecule has 1 fully saturated rings. The van der Waals surface area contributed by atoms with Crippen molar-refractivity contribution in [3.05, 3.63) is 66.0 Å². The van der Waals surface area contributed by atoms with Gasteiger partial charge in [0.1, 0.15) is 12.4 Å². The largest absolute Gasteiger partial charge is 0.370 e. The van der Waals surface area contributed by atoms with E-state index in [0.29, 0.717) is 35.7 Å². The second-order valence-electron chi connectivity index (χ2n) is 8.92. The molecule has 0 radical (unpaired) electrons. The van der Waals surface area contributed by atoms with Crippen LogP contribution in [-0.4, -0.2) is 42.6 Å². The number of benzene rings is 1. The molecular weight excluding hydrogens is 450 g/mol. The van der Waals surface area contributed by atoms with E-state index in [-0.39, 0.29) is 12.8 Å². The lowest BCUT2D eigenvalue weighted by molar-refractivity contribution is 0.109. The molecule has 0 spiro atoms. The fraction of sp³-hybridized carbons (Fsp3) is 0.320. The van der Waals surface area contributed by atoms with Crippen LogP contribution in [-0.2, 0) is 19.8 Å². The normalized spacial score (nSPS) is 15.3. The van der Waals surface area contributed by atoms with Gasteiger partial charge in [0.25, 0.3) is 0 Å². The summed E-state index contributed by atoms with van der Waals surface area (Å²) in [4.78, 5) is 5.84. The zero-order valence-electron chi connectivity index (χ0n) is 19.7. The predicted octanol–water partition coefficient (Wildman–Crippen LogP) is 4.06. The van der Waals surface area contributed by atoms with E-state index in [1.54, 1.807) is 22.4 Å². The highest BCUT2D eigenvalue weighted by atomic mass is 19.1. The van der Waals surface area contributed by atoms with Crippen LogP contribution < -0.4 is 4.90 Å². The van der Waals surface area contributed by atoms with Gasteiger partial charge in [0.2, 0.25) is 5.95 Å². The maximum Gasteiger partial charge on any atom is 0.212 e. The first kappa shape index (κ1) is 22.7. The number of anilines is 1. The lowest BCUT2D eigenvalue weighted by atomic mass is 9.89. The molecule has 1 aromatic carbocycles. The smallest absolute Gasteiger partial charge is 0.212 e. The number of nitriles is 1. The predicted molar refractivity (Wildman–Crippen MR) is 127 cm³/mol. The van der Waals surface area contributed by atoms with E-state index in [0.717, 1.165) is 22.4 Å². The summed E-state index contributed by atoms with van der Waals surface area (Å²) < 4.78 is 32.7. The molecule has 1 saturated heterocycles. The summed E-state index contributed by atoms with van der Waals surface area (Å²) in [6, 6.07) is 9.06. The topological polar surface area (TPSA) is 88.5 Å². The summed E-state index contributed by atoms with van der Waals surface area (Å²) in [5.41, 5.74) is 3.50. The number of alkyl halides is 1. The molecule has 4 aromatic rings. The third-order valence-electron chi connectivity index (χ3n) is 6.58. The summed E-state index contributed by atoms with van der Waals surface area (Å²) in [5.74, 6) is -0.276. The Morgan fingerprint density at radius 1 is 1.09 bits per heavy atom. The number of aryl methyl sites for hydroxylation is 3. The first-order valence-electron chi connectivity index (χ1n) is 11.3. The van der Waals surface area contributed by atoms with Gasteiger partial charge >= 0.3 is 0 Å². The Kier molecular flexibility index (Phi) is 5.55. The summed E-state index contributed by atoms with van der Waals surface area (Å²) in [5, 5.41) is 22.4. The lowest BCUT2D eigenvalue weighted by Gasteiger charge is -2.38. The Bertz CT molecular complexity index is 1420. The van der Waals surface area contributed by atoms with E-state index in [4.69, 9.17) is 0 Å². The number of hydrogen-bond acceptors (Lipinski definition) is 6. The SMILES string of the molecule is Cc1nn(C)cc1-c1cc(C#N)c(N2CCC(F)(c3nncn3C)CC2)c(-c2ccc(F)nc2)c1. The molecule has 1 aliphatic rings. The number of aromatic nitrogens is 6. The van der Waals surface area contributed by atoms with E-state index in [1.807, 2.05) is 37.2 Å². The molecule has 0 aliphatic carbocycles. The molecule has 8 nitrogen and oxygen atoms in total. The zero-order valence-corrected chi connectivity index (χ0v) is 19.7. The molecule has 4 heterocycles. The molecule has 0 bridgehead atoms. The van der Waals surface area contributed by atoms with Crippen LogP contribution in [0, 0.1) is 24.2 Å². The highest BCUT2D eigenvalue weighted by Crippen LogP contribution is 2.43. The fourth-order valence-corrected chi connectivity index (χ4v) is 4.85. The molecule has 1 aliphatic heterocycles. The number of rotatable bonds is 4. The number of piperidine rings is 1. The van der Waals surface area contributed by atoms with Crippen molar-refractivity contribution in [1.82, 2.24) is 29.5 Å².